The third-order valence-electron chi connectivity index (χ3n) is 3.74. The Labute approximate surface area is 140 Å². The topological polar surface area (TPSA) is 57.6 Å². The molecule has 0 saturated carbocycles. The number of hydrogen-bond donors (Lipinski definition) is 1. The first-order valence-corrected chi connectivity index (χ1v) is 8.57. The van der Waals surface area contributed by atoms with Gasteiger partial charge in [0, 0.05) is 15.9 Å². The Morgan fingerprint density at radius 2 is 1.91 bits per heavy atom. The van der Waals surface area contributed by atoms with E-state index < -0.39 is 12.0 Å². The predicted molar refractivity (Wildman–Crippen MR) is 89.1 cm³/mol. The summed E-state index contributed by atoms with van der Waals surface area (Å²) in [6, 6.07) is 10.9. The number of rotatable bonds is 3. The summed E-state index contributed by atoms with van der Waals surface area (Å²) >= 11 is 4.80. The highest BCUT2D eigenvalue weighted by molar-refractivity contribution is 9.10. The van der Waals surface area contributed by atoms with Gasteiger partial charge in [-0.05, 0) is 42.7 Å². The van der Waals surface area contributed by atoms with Crippen LogP contribution in [0.5, 0.6) is 0 Å². The first-order valence-electron chi connectivity index (χ1n) is 6.96. The van der Waals surface area contributed by atoms with E-state index in [0.717, 1.165) is 21.3 Å². The number of carboxylic acid groups (broad SMARTS) is 1. The first-order chi connectivity index (χ1) is 10.6. The van der Waals surface area contributed by atoms with Gasteiger partial charge in [0.1, 0.15) is 6.04 Å². The average Bonchev–Trinajstić information content (AvgIpc) is 3.17. The van der Waals surface area contributed by atoms with Gasteiger partial charge < -0.3 is 10.0 Å². The van der Waals surface area contributed by atoms with Gasteiger partial charge in [0.25, 0.3) is 5.91 Å². The molecule has 1 N–H and O–H groups in total. The number of carboxylic acids is 1. The van der Waals surface area contributed by atoms with Crippen molar-refractivity contribution in [1.29, 1.82) is 0 Å². The summed E-state index contributed by atoms with van der Waals surface area (Å²) in [4.78, 5) is 26.8. The van der Waals surface area contributed by atoms with Crippen molar-refractivity contribution in [2.24, 2.45) is 0 Å². The van der Waals surface area contributed by atoms with E-state index in [0.29, 0.717) is 17.8 Å². The van der Waals surface area contributed by atoms with Gasteiger partial charge in [-0.3, -0.25) is 4.79 Å². The van der Waals surface area contributed by atoms with Crippen LogP contribution in [-0.2, 0) is 4.79 Å². The molecule has 6 heteroatoms. The molecule has 1 aliphatic heterocycles. The molecule has 2 heterocycles. The molecule has 1 aromatic heterocycles. The summed E-state index contributed by atoms with van der Waals surface area (Å²) in [7, 11) is 0. The maximum Gasteiger partial charge on any atom is 0.326 e. The summed E-state index contributed by atoms with van der Waals surface area (Å²) < 4.78 is 1.01. The fourth-order valence-corrected chi connectivity index (χ4v) is 3.86. The summed E-state index contributed by atoms with van der Waals surface area (Å²) in [5.74, 6) is -1.10. The number of halogens is 1. The second-order valence-electron chi connectivity index (χ2n) is 5.17. The number of thiophene rings is 1. The van der Waals surface area contributed by atoms with Crippen molar-refractivity contribution in [3.63, 3.8) is 0 Å². The molecule has 1 atom stereocenters. The van der Waals surface area contributed by atoms with Crippen LogP contribution in [0.1, 0.15) is 22.5 Å². The molecule has 2 aromatic rings. The normalized spacial score (nSPS) is 17.7. The Hall–Kier alpha value is -1.66. The number of amides is 1. The number of nitrogens with zero attached hydrogens (tertiary/aromatic N) is 1. The molecule has 1 aromatic carbocycles. The van der Waals surface area contributed by atoms with Gasteiger partial charge in [0.2, 0.25) is 0 Å². The monoisotopic (exact) mass is 379 g/mol. The zero-order valence-electron chi connectivity index (χ0n) is 11.7. The summed E-state index contributed by atoms with van der Waals surface area (Å²) in [5, 5.41) is 9.19. The molecule has 4 nitrogen and oxygen atoms in total. The first kappa shape index (κ1) is 15.2. The second-order valence-corrected chi connectivity index (χ2v) is 7.17. The van der Waals surface area contributed by atoms with Crippen LogP contribution in [0.2, 0.25) is 0 Å². The molecule has 1 saturated heterocycles. The van der Waals surface area contributed by atoms with Crippen molar-refractivity contribution in [3.8, 4) is 10.4 Å². The summed E-state index contributed by atoms with van der Waals surface area (Å²) in [6.45, 7) is 0.515. The van der Waals surface area contributed by atoms with Crippen LogP contribution < -0.4 is 0 Å². The van der Waals surface area contributed by atoms with Gasteiger partial charge in [-0.2, -0.15) is 0 Å². The minimum atomic E-state index is -0.921. The molecule has 114 valence electrons. The molecule has 0 aliphatic carbocycles. The SMILES string of the molecule is O=C(O)[C@@H]1CCCN1C(=O)c1ccc(-c2ccc(Br)cc2)s1. The molecule has 0 bridgehead atoms. The number of carbonyl (C=O) groups excluding carboxylic acids is 1. The highest BCUT2D eigenvalue weighted by atomic mass is 79.9. The molecule has 1 aliphatic rings. The molecule has 1 amide bonds. The molecule has 22 heavy (non-hydrogen) atoms. The van der Waals surface area contributed by atoms with E-state index >= 15 is 0 Å². The van der Waals surface area contributed by atoms with Gasteiger partial charge in [-0.1, -0.05) is 28.1 Å². The molecule has 3 rings (SSSR count). The zero-order valence-corrected chi connectivity index (χ0v) is 14.1. The largest absolute Gasteiger partial charge is 0.480 e. The summed E-state index contributed by atoms with van der Waals surface area (Å²) in [5.41, 5.74) is 1.04. The van der Waals surface area contributed by atoms with E-state index in [4.69, 9.17) is 0 Å². The third-order valence-corrected chi connectivity index (χ3v) is 5.40. The summed E-state index contributed by atoms with van der Waals surface area (Å²) in [6.07, 6.45) is 1.28. The number of carbonyl (C=O) groups is 2. The molecule has 0 radical (unpaired) electrons. The fourth-order valence-electron chi connectivity index (χ4n) is 2.63. The lowest BCUT2D eigenvalue weighted by atomic mass is 10.2. The highest BCUT2D eigenvalue weighted by Crippen LogP contribution is 2.31. The average molecular weight is 380 g/mol. The standard InChI is InChI=1S/C16H14BrNO3S/c17-11-5-3-10(4-6-11)13-7-8-14(22-13)15(19)18-9-1-2-12(18)16(20)21/h3-8,12H,1-2,9H2,(H,20,21)/t12-/m0/s1. The Balaban J connectivity index is 1.82. The highest BCUT2D eigenvalue weighted by Gasteiger charge is 2.34. The Morgan fingerprint density at radius 3 is 2.59 bits per heavy atom. The minimum absolute atomic E-state index is 0.182. The van der Waals surface area contributed by atoms with E-state index in [-0.39, 0.29) is 5.91 Å². The molecular formula is C16H14BrNO3S. The van der Waals surface area contributed by atoms with E-state index in [9.17, 15) is 14.7 Å². The maximum absolute atomic E-state index is 12.5. The van der Waals surface area contributed by atoms with Crippen LogP contribution >= 0.6 is 27.3 Å². The van der Waals surface area contributed by atoms with Crippen molar-refractivity contribution >= 4 is 39.1 Å². The maximum atomic E-state index is 12.5. The number of benzene rings is 1. The number of hydrogen-bond acceptors (Lipinski definition) is 3. The van der Waals surface area contributed by atoms with Crippen LogP contribution in [0, 0.1) is 0 Å². The van der Waals surface area contributed by atoms with Crippen LogP contribution in [0.4, 0.5) is 0 Å². The van der Waals surface area contributed by atoms with Gasteiger partial charge in [0.15, 0.2) is 0 Å². The van der Waals surface area contributed by atoms with Crippen LogP contribution in [0.3, 0.4) is 0 Å². The van der Waals surface area contributed by atoms with Crippen molar-refractivity contribution in [1.82, 2.24) is 4.90 Å². The van der Waals surface area contributed by atoms with Crippen LogP contribution in [0.25, 0.3) is 10.4 Å². The van der Waals surface area contributed by atoms with Crippen LogP contribution in [0.15, 0.2) is 40.9 Å². The van der Waals surface area contributed by atoms with Crippen LogP contribution in [-0.4, -0.2) is 34.5 Å². The lowest BCUT2D eigenvalue weighted by molar-refractivity contribution is -0.141. The van der Waals surface area contributed by atoms with E-state index in [2.05, 4.69) is 15.9 Å². The van der Waals surface area contributed by atoms with E-state index in [1.165, 1.54) is 16.2 Å². The van der Waals surface area contributed by atoms with Crippen molar-refractivity contribution in [3.05, 3.63) is 45.7 Å². The molecular weight excluding hydrogens is 366 g/mol. The fraction of sp³-hybridized carbons (Fsp3) is 0.250. The molecule has 0 unspecified atom stereocenters. The van der Waals surface area contributed by atoms with Gasteiger partial charge in [0.05, 0.1) is 4.88 Å². The number of aliphatic carboxylic acids is 1. The lowest BCUT2D eigenvalue weighted by Crippen LogP contribution is -2.40. The van der Waals surface area contributed by atoms with Crippen molar-refractivity contribution < 1.29 is 14.7 Å². The second kappa shape index (κ2) is 6.22. The smallest absolute Gasteiger partial charge is 0.326 e. The van der Waals surface area contributed by atoms with Gasteiger partial charge in [-0.25, -0.2) is 4.79 Å². The third kappa shape index (κ3) is 2.94. The van der Waals surface area contributed by atoms with Crippen molar-refractivity contribution in [2.75, 3.05) is 6.54 Å². The number of likely N-dealkylation sites (tertiary alicyclic amines) is 1. The molecule has 0 spiro atoms. The van der Waals surface area contributed by atoms with Gasteiger partial charge >= 0.3 is 5.97 Å². The van der Waals surface area contributed by atoms with E-state index in [1.807, 2.05) is 30.3 Å². The predicted octanol–water partition coefficient (Wildman–Crippen LogP) is 3.87. The lowest BCUT2D eigenvalue weighted by Gasteiger charge is -2.20. The zero-order chi connectivity index (χ0) is 15.7. The van der Waals surface area contributed by atoms with Gasteiger partial charge in [-0.15, -0.1) is 11.3 Å². The Morgan fingerprint density at radius 1 is 1.18 bits per heavy atom. The quantitative estimate of drug-likeness (QED) is 0.880. The van der Waals surface area contributed by atoms with E-state index in [1.54, 1.807) is 6.07 Å². The Bertz CT molecular complexity index is 710. The molecule has 1 fully saturated rings. The minimum Gasteiger partial charge on any atom is -0.480 e. The van der Waals surface area contributed by atoms with Crippen molar-refractivity contribution in [2.45, 2.75) is 18.9 Å². The Kier molecular flexibility index (Phi) is 4.31.